The van der Waals surface area contributed by atoms with Crippen molar-refractivity contribution < 1.29 is 9.32 Å². The number of aromatic nitrogens is 1. The molecule has 1 amide bonds. The lowest BCUT2D eigenvalue weighted by Crippen LogP contribution is -2.25. The molecule has 104 valence electrons. The zero-order valence-corrected chi connectivity index (χ0v) is 11.4. The van der Waals surface area contributed by atoms with Crippen LogP contribution in [-0.2, 0) is 0 Å². The maximum Gasteiger partial charge on any atom is 0.251 e. The van der Waals surface area contributed by atoms with Crippen molar-refractivity contribution in [1.29, 1.82) is 0 Å². The highest BCUT2D eigenvalue weighted by Crippen LogP contribution is 2.29. The van der Waals surface area contributed by atoms with Gasteiger partial charge in [0.1, 0.15) is 5.52 Å². The van der Waals surface area contributed by atoms with Crippen molar-refractivity contribution in [1.82, 2.24) is 10.5 Å². The van der Waals surface area contributed by atoms with Crippen LogP contribution in [0.3, 0.4) is 0 Å². The molecule has 1 aromatic heterocycles. The highest BCUT2D eigenvalue weighted by molar-refractivity contribution is 6.01. The van der Waals surface area contributed by atoms with Crippen molar-refractivity contribution in [3.8, 4) is 11.3 Å². The Labute approximate surface area is 121 Å². The average Bonchev–Trinajstić information content (AvgIpc) is 3.24. The minimum absolute atomic E-state index is 0.0281. The lowest BCUT2D eigenvalue weighted by atomic mass is 10.1. The monoisotopic (exact) mass is 278 g/mol. The number of benzene rings is 2. The standard InChI is InChI=1S/C17H14N2O2/c20-17(18-13-7-8-13)12-6-9-15-14(10-12)16(21-19-15)11-4-2-1-3-5-11/h1-6,9-10,13H,7-8H2,(H,18,20). The van der Waals surface area contributed by atoms with Gasteiger partial charge in [0, 0.05) is 17.2 Å². The van der Waals surface area contributed by atoms with Gasteiger partial charge in [0.15, 0.2) is 5.76 Å². The number of carbonyl (C=O) groups excluding carboxylic acids is 1. The van der Waals surface area contributed by atoms with Gasteiger partial charge in [-0.2, -0.15) is 0 Å². The van der Waals surface area contributed by atoms with Crippen LogP contribution < -0.4 is 5.32 Å². The van der Waals surface area contributed by atoms with Crippen molar-refractivity contribution in [3.63, 3.8) is 0 Å². The van der Waals surface area contributed by atoms with Crippen LogP contribution in [0.25, 0.3) is 22.2 Å². The van der Waals surface area contributed by atoms with Crippen LogP contribution in [0.4, 0.5) is 0 Å². The Balaban J connectivity index is 1.77. The topological polar surface area (TPSA) is 55.1 Å². The maximum atomic E-state index is 12.1. The smallest absolute Gasteiger partial charge is 0.251 e. The number of nitrogens with one attached hydrogen (secondary N) is 1. The van der Waals surface area contributed by atoms with Crippen molar-refractivity contribution in [3.05, 3.63) is 54.1 Å². The Morgan fingerprint density at radius 1 is 1.14 bits per heavy atom. The first-order valence-corrected chi connectivity index (χ1v) is 7.07. The van der Waals surface area contributed by atoms with E-state index < -0.39 is 0 Å². The van der Waals surface area contributed by atoms with E-state index in [0.717, 1.165) is 29.3 Å². The zero-order chi connectivity index (χ0) is 14.2. The fourth-order valence-electron chi connectivity index (χ4n) is 2.38. The lowest BCUT2D eigenvalue weighted by Gasteiger charge is -2.03. The number of rotatable bonds is 3. The van der Waals surface area contributed by atoms with E-state index in [0.29, 0.717) is 17.4 Å². The number of carbonyl (C=O) groups is 1. The second-order valence-electron chi connectivity index (χ2n) is 5.36. The summed E-state index contributed by atoms with van der Waals surface area (Å²) in [5, 5.41) is 7.92. The van der Waals surface area contributed by atoms with Gasteiger partial charge in [-0.05, 0) is 31.0 Å². The van der Waals surface area contributed by atoms with E-state index in [2.05, 4.69) is 10.5 Å². The number of nitrogens with zero attached hydrogens (tertiary/aromatic N) is 1. The number of hydrogen-bond acceptors (Lipinski definition) is 3. The van der Waals surface area contributed by atoms with E-state index in [1.54, 1.807) is 6.07 Å². The molecule has 1 saturated carbocycles. The largest absolute Gasteiger partial charge is 0.355 e. The molecule has 0 radical (unpaired) electrons. The molecular weight excluding hydrogens is 264 g/mol. The summed E-state index contributed by atoms with van der Waals surface area (Å²) < 4.78 is 5.45. The fourth-order valence-corrected chi connectivity index (χ4v) is 2.38. The van der Waals surface area contributed by atoms with Gasteiger partial charge in [-0.15, -0.1) is 0 Å². The van der Waals surface area contributed by atoms with E-state index in [1.165, 1.54) is 0 Å². The van der Waals surface area contributed by atoms with Crippen LogP contribution in [0, 0.1) is 0 Å². The second kappa shape index (κ2) is 4.74. The van der Waals surface area contributed by atoms with Crippen molar-refractivity contribution in [2.24, 2.45) is 0 Å². The lowest BCUT2D eigenvalue weighted by molar-refractivity contribution is 0.0951. The molecule has 3 aromatic rings. The Kier molecular flexibility index (Phi) is 2.74. The summed E-state index contributed by atoms with van der Waals surface area (Å²) in [6.45, 7) is 0. The van der Waals surface area contributed by atoms with Gasteiger partial charge in [0.25, 0.3) is 5.91 Å². The Morgan fingerprint density at radius 2 is 1.95 bits per heavy atom. The van der Waals surface area contributed by atoms with Crippen LogP contribution in [0.2, 0.25) is 0 Å². The molecule has 1 heterocycles. The number of hydrogen-bond donors (Lipinski definition) is 1. The summed E-state index contributed by atoms with van der Waals surface area (Å²) >= 11 is 0. The zero-order valence-electron chi connectivity index (χ0n) is 11.4. The normalized spacial score (nSPS) is 14.3. The van der Waals surface area contributed by atoms with Crippen LogP contribution in [0.15, 0.2) is 53.1 Å². The molecule has 0 saturated heterocycles. The minimum atomic E-state index is -0.0281. The molecule has 0 aliphatic heterocycles. The quantitative estimate of drug-likeness (QED) is 0.799. The van der Waals surface area contributed by atoms with E-state index in [-0.39, 0.29) is 5.91 Å². The van der Waals surface area contributed by atoms with E-state index in [1.807, 2.05) is 42.5 Å². The molecular formula is C17H14N2O2. The second-order valence-corrected chi connectivity index (χ2v) is 5.36. The van der Waals surface area contributed by atoms with Crippen LogP contribution in [-0.4, -0.2) is 17.1 Å². The summed E-state index contributed by atoms with van der Waals surface area (Å²) in [6.07, 6.45) is 2.16. The molecule has 0 unspecified atom stereocenters. The molecule has 0 bridgehead atoms. The van der Waals surface area contributed by atoms with Gasteiger partial charge in [-0.25, -0.2) is 0 Å². The fraction of sp³-hybridized carbons (Fsp3) is 0.176. The third-order valence-corrected chi connectivity index (χ3v) is 3.69. The van der Waals surface area contributed by atoms with Gasteiger partial charge >= 0.3 is 0 Å². The first-order valence-electron chi connectivity index (χ1n) is 7.07. The molecule has 2 aromatic carbocycles. The summed E-state index contributed by atoms with van der Waals surface area (Å²) in [6, 6.07) is 15.6. The van der Waals surface area contributed by atoms with E-state index >= 15 is 0 Å². The molecule has 4 rings (SSSR count). The van der Waals surface area contributed by atoms with Gasteiger partial charge in [0.05, 0.1) is 5.39 Å². The van der Waals surface area contributed by atoms with E-state index in [4.69, 9.17) is 4.52 Å². The minimum Gasteiger partial charge on any atom is -0.355 e. The highest BCUT2D eigenvalue weighted by Gasteiger charge is 2.24. The Hall–Kier alpha value is -2.62. The van der Waals surface area contributed by atoms with Crippen LogP contribution in [0.1, 0.15) is 23.2 Å². The molecule has 1 fully saturated rings. The predicted octanol–water partition coefficient (Wildman–Crippen LogP) is 3.39. The molecule has 1 aliphatic carbocycles. The van der Waals surface area contributed by atoms with Crippen molar-refractivity contribution in [2.75, 3.05) is 0 Å². The van der Waals surface area contributed by atoms with E-state index in [9.17, 15) is 4.79 Å². The summed E-state index contributed by atoms with van der Waals surface area (Å²) in [7, 11) is 0. The molecule has 1 aliphatic rings. The van der Waals surface area contributed by atoms with Gasteiger partial charge < -0.3 is 9.84 Å². The predicted molar refractivity (Wildman–Crippen MR) is 79.9 cm³/mol. The van der Waals surface area contributed by atoms with Gasteiger partial charge in [-0.1, -0.05) is 35.5 Å². The Bertz CT molecular complexity index is 804. The van der Waals surface area contributed by atoms with Crippen LogP contribution >= 0.6 is 0 Å². The third kappa shape index (κ3) is 2.29. The van der Waals surface area contributed by atoms with Crippen molar-refractivity contribution in [2.45, 2.75) is 18.9 Å². The summed E-state index contributed by atoms with van der Waals surface area (Å²) in [4.78, 5) is 12.1. The molecule has 4 nitrogen and oxygen atoms in total. The summed E-state index contributed by atoms with van der Waals surface area (Å²) in [5.41, 5.74) is 2.37. The highest BCUT2D eigenvalue weighted by atomic mass is 16.5. The van der Waals surface area contributed by atoms with Gasteiger partial charge in [0.2, 0.25) is 0 Å². The Morgan fingerprint density at radius 3 is 2.71 bits per heavy atom. The SMILES string of the molecule is O=C(NC1CC1)c1ccc2noc(-c3ccccc3)c2c1. The molecule has 21 heavy (non-hydrogen) atoms. The molecule has 0 atom stereocenters. The van der Waals surface area contributed by atoms with Crippen molar-refractivity contribution >= 4 is 16.8 Å². The summed E-state index contributed by atoms with van der Waals surface area (Å²) in [5.74, 6) is 0.672. The first kappa shape index (κ1) is 12.1. The first-order chi connectivity index (χ1) is 10.3. The van der Waals surface area contributed by atoms with Gasteiger partial charge in [-0.3, -0.25) is 4.79 Å². The van der Waals surface area contributed by atoms with Crippen LogP contribution in [0.5, 0.6) is 0 Å². The third-order valence-electron chi connectivity index (χ3n) is 3.69. The molecule has 0 spiro atoms. The molecule has 4 heteroatoms. The average molecular weight is 278 g/mol. The molecule has 1 N–H and O–H groups in total. The number of amides is 1. The maximum absolute atomic E-state index is 12.1. The number of fused-ring (bicyclic) bond motifs is 1.